The van der Waals surface area contributed by atoms with Crippen LogP contribution < -0.4 is 0 Å². The highest BCUT2D eigenvalue weighted by molar-refractivity contribution is 7.44. The van der Waals surface area contributed by atoms with Crippen LogP contribution in [0.5, 0.6) is 0 Å². The van der Waals surface area contributed by atoms with Gasteiger partial charge in [0.05, 0.1) is 25.3 Å². The van der Waals surface area contributed by atoms with Gasteiger partial charge >= 0.3 is 0 Å². The highest BCUT2D eigenvalue weighted by Gasteiger charge is 2.34. The average Bonchev–Trinajstić information content (AvgIpc) is 2.92. The zero-order chi connectivity index (χ0) is 26.0. The summed E-state index contributed by atoms with van der Waals surface area (Å²) in [6.07, 6.45) is 3.24. The molecule has 0 radical (unpaired) electrons. The Morgan fingerprint density at radius 3 is 1.76 bits per heavy atom. The number of hydrogen-bond acceptors (Lipinski definition) is 4. The monoisotopic (exact) mass is 512 g/mol. The Hall–Kier alpha value is -2.80. The van der Waals surface area contributed by atoms with Crippen molar-refractivity contribution < 1.29 is 9.05 Å². The summed E-state index contributed by atoms with van der Waals surface area (Å²) in [4.78, 5) is 0. The van der Waals surface area contributed by atoms with Gasteiger partial charge in [-0.3, -0.25) is 0 Å². The summed E-state index contributed by atoms with van der Waals surface area (Å²) in [6.45, 7) is 7.77. The quantitative estimate of drug-likeness (QED) is 0.132. The van der Waals surface area contributed by atoms with Crippen LogP contribution in [-0.4, -0.2) is 23.9 Å². The minimum atomic E-state index is -1.34. The van der Waals surface area contributed by atoms with Gasteiger partial charge in [-0.1, -0.05) is 86.1 Å². The number of hydrogen-bond donors (Lipinski definition) is 0. The Labute approximate surface area is 222 Å². The van der Waals surface area contributed by atoms with Crippen molar-refractivity contribution in [2.45, 2.75) is 58.5 Å². The van der Waals surface area contributed by atoms with Gasteiger partial charge in [-0.2, -0.15) is 5.26 Å². The van der Waals surface area contributed by atoms with E-state index in [1.54, 1.807) is 0 Å². The van der Waals surface area contributed by atoms with Gasteiger partial charge in [0.15, 0.2) is 0 Å². The van der Waals surface area contributed by atoms with E-state index in [0.717, 1.165) is 12.8 Å². The molecule has 0 N–H and O–H groups in total. The molecule has 1 unspecified atom stereocenters. The summed E-state index contributed by atoms with van der Waals surface area (Å²) >= 11 is 0. The maximum atomic E-state index is 9.02. The van der Waals surface area contributed by atoms with E-state index < -0.39 is 8.53 Å². The number of nitrogens with zero attached hydrogens (tertiary/aromatic N) is 2. The fourth-order valence-electron chi connectivity index (χ4n) is 4.59. The smallest absolute Gasteiger partial charge is 0.259 e. The van der Waals surface area contributed by atoms with Crippen LogP contribution in [0.2, 0.25) is 0 Å². The Morgan fingerprint density at radius 1 is 0.757 bits per heavy atom. The molecule has 4 aromatic carbocycles. The van der Waals surface area contributed by atoms with Gasteiger partial charge in [0.2, 0.25) is 0 Å². The standard InChI is InChI=1S/C32H37N2O2P/c1-4-5-21-35-37(36-22-11-10-20-33)34(25(2)3)32(30-18-16-26-12-6-8-14-28(26)23-30)31-19-17-27-13-7-9-15-29(27)24-31/h6-9,12-19,23-25,32H,4-5,10-11,21-22H2,1-3H3. The lowest BCUT2D eigenvalue weighted by molar-refractivity contribution is 0.173. The van der Waals surface area contributed by atoms with Crippen LogP contribution in [0.15, 0.2) is 84.9 Å². The third-order valence-corrected chi connectivity index (χ3v) is 8.37. The third-order valence-electron chi connectivity index (χ3n) is 6.49. The average molecular weight is 513 g/mol. The van der Waals surface area contributed by atoms with E-state index in [-0.39, 0.29) is 12.1 Å². The van der Waals surface area contributed by atoms with Crippen LogP contribution in [0.4, 0.5) is 0 Å². The molecule has 1 atom stereocenters. The minimum Gasteiger partial charge on any atom is -0.322 e. The molecule has 0 saturated heterocycles. The van der Waals surface area contributed by atoms with Gasteiger partial charge < -0.3 is 9.05 Å². The van der Waals surface area contributed by atoms with E-state index in [0.29, 0.717) is 26.1 Å². The van der Waals surface area contributed by atoms with Crippen molar-refractivity contribution in [2.75, 3.05) is 13.2 Å². The molecule has 0 saturated carbocycles. The molecule has 0 spiro atoms. The van der Waals surface area contributed by atoms with E-state index in [4.69, 9.17) is 14.3 Å². The van der Waals surface area contributed by atoms with E-state index in [1.807, 2.05) is 0 Å². The fraction of sp³-hybridized carbons (Fsp3) is 0.344. The summed E-state index contributed by atoms with van der Waals surface area (Å²) < 4.78 is 15.3. The molecule has 0 heterocycles. The predicted octanol–water partition coefficient (Wildman–Crippen LogP) is 9.16. The third kappa shape index (κ3) is 6.95. The van der Waals surface area contributed by atoms with Crippen LogP contribution in [0.25, 0.3) is 21.5 Å². The van der Waals surface area contributed by atoms with Gasteiger partial charge in [-0.15, -0.1) is 0 Å². The first-order valence-corrected chi connectivity index (χ1v) is 14.4. The molecule has 4 rings (SSSR count). The van der Waals surface area contributed by atoms with E-state index >= 15 is 0 Å². The number of unbranched alkanes of at least 4 members (excludes halogenated alkanes) is 2. The van der Waals surface area contributed by atoms with Crippen molar-refractivity contribution in [1.29, 1.82) is 5.26 Å². The minimum absolute atomic E-state index is 0.0436. The Morgan fingerprint density at radius 2 is 1.27 bits per heavy atom. The second-order valence-electron chi connectivity index (χ2n) is 9.61. The molecule has 4 nitrogen and oxygen atoms in total. The van der Waals surface area contributed by atoms with Crippen LogP contribution >= 0.6 is 8.53 Å². The summed E-state index contributed by atoms with van der Waals surface area (Å²) in [5.74, 6) is 0. The highest BCUT2D eigenvalue weighted by atomic mass is 31.2. The van der Waals surface area contributed by atoms with Crippen molar-refractivity contribution in [2.24, 2.45) is 0 Å². The molecule has 0 amide bonds. The van der Waals surface area contributed by atoms with Crippen LogP contribution in [0, 0.1) is 11.3 Å². The second kappa shape index (κ2) is 13.7. The zero-order valence-corrected chi connectivity index (χ0v) is 23.0. The maximum Gasteiger partial charge on any atom is 0.259 e. The molecule has 4 aromatic rings. The van der Waals surface area contributed by atoms with Crippen molar-refractivity contribution >= 4 is 30.1 Å². The van der Waals surface area contributed by atoms with Crippen molar-refractivity contribution in [3.05, 3.63) is 96.1 Å². The normalized spacial score (nSPS) is 12.6. The van der Waals surface area contributed by atoms with Crippen molar-refractivity contribution in [3.63, 3.8) is 0 Å². The number of benzene rings is 4. The van der Waals surface area contributed by atoms with Gasteiger partial charge in [0.25, 0.3) is 8.53 Å². The molecular formula is C32H37N2O2P. The van der Waals surface area contributed by atoms with Gasteiger partial charge in [0.1, 0.15) is 0 Å². The van der Waals surface area contributed by atoms with Crippen LogP contribution in [-0.2, 0) is 9.05 Å². The SMILES string of the molecule is CCCCOP(OCCCC#N)N(C(C)C)C(c1ccc2ccccc2c1)c1ccc2ccccc2c1. The summed E-state index contributed by atoms with van der Waals surface area (Å²) in [5, 5.41) is 13.9. The summed E-state index contributed by atoms with van der Waals surface area (Å²) in [6, 6.07) is 32.9. The lowest BCUT2D eigenvalue weighted by atomic mass is 9.94. The molecule has 5 heteroatoms. The van der Waals surface area contributed by atoms with Crippen LogP contribution in [0.3, 0.4) is 0 Å². The Bertz CT molecular complexity index is 1250. The topological polar surface area (TPSA) is 45.5 Å². The largest absolute Gasteiger partial charge is 0.322 e. The second-order valence-corrected chi connectivity index (χ2v) is 11.1. The lowest BCUT2D eigenvalue weighted by Gasteiger charge is -2.39. The van der Waals surface area contributed by atoms with Gasteiger partial charge in [-0.25, -0.2) is 4.67 Å². The van der Waals surface area contributed by atoms with E-state index in [2.05, 4.69) is 116 Å². The zero-order valence-electron chi connectivity index (χ0n) is 22.1. The van der Waals surface area contributed by atoms with Crippen molar-refractivity contribution in [3.8, 4) is 6.07 Å². The predicted molar refractivity (Wildman–Crippen MR) is 155 cm³/mol. The Kier molecular flexibility index (Phi) is 10.1. The first kappa shape index (κ1) is 27.2. The van der Waals surface area contributed by atoms with Crippen molar-refractivity contribution in [1.82, 2.24) is 4.67 Å². The first-order valence-electron chi connectivity index (χ1n) is 13.3. The van der Waals surface area contributed by atoms with E-state index in [1.165, 1.54) is 32.7 Å². The number of rotatable bonds is 13. The summed E-state index contributed by atoms with van der Waals surface area (Å²) in [5.41, 5.74) is 2.43. The molecular weight excluding hydrogens is 475 g/mol. The molecule has 37 heavy (non-hydrogen) atoms. The molecule has 0 fully saturated rings. The molecule has 0 aromatic heterocycles. The summed E-state index contributed by atoms with van der Waals surface area (Å²) in [7, 11) is -1.34. The van der Waals surface area contributed by atoms with E-state index in [9.17, 15) is 0 Å². The first-order chi connectivity index (χ1) is 18.1. The van der Waals surface area contributed by atoms with Gasteiger partial charge in [0, 0.05) is 12.5 Å². The molecule has 192 valence electrons. The highest BCUT2D eigenvalue weighted by Crippen LogP contribution is 2.52. The number of fused-ring (bicyclic) bond motifs is 2. The molecule has 0 aliphatic heterocycles. The Balaban J connectivity index is 1.81. The lowest BCUT2D eigenvalue weighted by Crippen LogP contribution is -2.33. The molecule has 0 aliphatic rings. The molecule has 0 bridgehead atoms. The van der Waals surface area contributed by atoms with Gasteiger partial charge in [-0.05, 0) is 71.5 Å². The fourth-order valence-corrected chi connectivity index (χ4v) is 6.33. The van der Waals surface area contributed by atoms with Crippen LogP contribution in [0.1, 0.15) is 63.6 Å². The number of nitriles is 1. The molecule has 0 aliphatic carbocycles. The maximum absolute atomic E-state index is 9.02.